The maximum Gasteiger partial charge on any atom is 0.338 e. The molecule has 200 valence electrons. The van der Waals surface area contributed by atoms with Crippen LogP contribution in [0.15, 0.2) is 78.5 Å². The van der Waals surface area contributed by atoms with E-state index in [2.05, 4.69) is 16.8 Å². The molecule has 2 aromatic carbocycles. The summed E-state index contributed by atoms with van der Waals surface area (Å²) in [5.74, 6) is -0.497. The van der Waals surface area contributed by atoms with Gasteiger partial charge < -0.3 is 15.0 Å². The van der Waals surface area contributed by atoms with Crippen LogP contribution in [0, 0.1) is 0 Å². The molecule has 0 bridgehead atoms. The fraction of sp³-hybridized carbons (Fsp3) is 0.345. The molecule has 2 aliphatic heterocycles. The van der Waals surface area contributed by atoms with Crippen LogP contribution in [0.25, 0.3) is 0 Å². The Bertz CT molecular complexity index is 1230. The van der Waals surface area contributed by atoms with Crippen molar-refractivity contribution in [2.45, 2.75) is 25.9 Å². The van der Waals surface area contributed by atoms with E-state index in [0.717, 1.165) is 0 Å². The van der Waals surface area contributed by atoms with Crippen LogP contribution in [-0.2, 0) is 9.53 Å². The first-order valence-electron chi connectivity index (χ1n) is 12.8. The molecule has 2 aliphatic rings. The van der Waals surface area contributed by atoms with Gasteiger partial charge in [0.1, 0.15) is 0 Å². The van der Waals surface area contributed by atoms with Crippen molar-refractivity contribution in [1.82, 2.24) is 20.0 Å². The van der Waals surface area contributed by atoms with Crippen LogP contribution in [0.2, 0.25) is 5.02 Å². The van der Waals surface area contributed by atoms with Crippen LogP contribution in [-0.4, -0.2) is 78.0 Å². The maximum absolute atomic E-state index is 13.3. The fourth-order valence-corrected chi connectivity index (χ4v) is 5.22. The van der Waals surface area contributed by atoms with E-state index in [-0.39, 0.29) is 31.1 Å². The molecule has 3 amide bonds. The second-order valence-corrected chi connectivity index (χ2v) is 9.80. The lowest BCUT2D eigenvalue weighted by Crippen LogP contribution is -2.56. The molecule has 0 radical (unpaired) electrons. The van der Waals surface area contributed by atoms with Crippen molar-refractivity contribution >= 4 is 29.5 Å². The first-order valence-corrected chi connectivity index (χ1v) is 13.1. The third kappa shape index (κ3) is 5.92. The zero-order valence-electron chi connectivity index (χ0n) is 21.7. The number of hydrogen-bond acceptors (Lipinski definition) is 5. The van der Waals surface area contributed by atoms with Crippen LogP contribution in [0.4, 0.5) is 4.79 Å². The van der Waals surface area contributed by atoms with Crippen molar-refractivity contribution in [2.24, 2.45) is 0 Å². The molecule has 1 N–H and O–H groups in total. The first kappa shape index (κ1) is 27.4. The van der Waals surface area contributed by atoms with Gasteiger partial charge in [-0.25, -0.2) is 9.59 Å². The van der Waals surface area contributed by atoms with Crippen molar-refractivity contribution in [3.63, 3.8) is 0 Å². The highest BCUT2D eigenvalue weighted by Crippen LogP contribution is 2.33. The van der Waals surface area contributed by atoms with Crippen LogP contribution < -0.4 is 5.32 Å². The van der Waals surface area contributed by atoms with E-state index in [1.807, 2.05) is 48.2 Å². The minimum atomic E-state index is -0.713. The number of carbonyl (C=O) groups is 3. The predicted molar refractivity (Wildman–Crippen MR) is 147 cm³/mol. The third-order valence-corrected chi connectivity index (χ3v) is 7.03. The number of amides is 3. The number of carbonyl (C=O) groups excluding carboxylic acids is 3. The number of piperazine rings is 1. The number of urea groups is 1. The van der Waals surface area contributed by atoms with Crippen molar-refractivity contribution in [1.29, 1.82) is 0 Å². The molecule has 0 spiro atoms. The van der Waals surface area contributed by atoms with E-state index in [0.29, 0.717) is 53.6 Å². The van der Waals surface area contributed by atoms with E-state index in [4.69, 9.17) is 16.3 Å². The Kier molecular flexibility index (Phi) is 8.86. The molecular weight excluding hydrogens is 504 g/mol. The van der Waals surface area contributed by atoms with E-state index < -0.39 is 12.0 Å². The summed E-state index contributed by atoms with van der Waals surface area (Å²) >= 11 is 6.25. The molecule has 9 heteroatoms. The summed E-state index contributed by atoms with van der Waals surface area (Å²) in [6.07, 6.45) is 1.63. The number of benzene rings is 2. The Labute approximate surface area is 228 Å². The average molecular weight is 537 g/mol. The largest absolute Gasteiger partial charge is 0.463 e. The van der Waals surface area contributed by atoms with E-state index in [9.17, 15) is 14.4 Å². The van der Waals surface area contributed by atoms with Gasteiger partial charge in [0.25, 0.3) is 5.91 Å². The minimum Gasteiger partial charge on any atom is -0.463 e. The number of nitrogens with zero attached hydrogens (tertiary/aromatic N) is 3. The highest BCUT2D eigenvalue weighted by molar-refractivity contribution is 6.30. The SMILES string of the molecule is C=CCN1C(=O)N[C@H](c2cccc(Cl)c2)C(C(=O)OCC)=C1CN1CCN(C(=O)c2ccccc2)[C@H](C)C1. The number of rotatable bonds is 8. The van der Waals surface area contributed by atoms with Gasteiger partial charge >= 0.3 is 12.0 Å². The molecule has 0 unspecified atom stereocenters. The lowest BCUT2D eigenvalue weighted by molar-refractivity contribution is -0.139. The van der Waals surface area contributed by atoms with Crippen LogP contribution in [0.1, 0.15) is 35.8 Å². The van der Waals surface area contributed by atoms with Crippen molar-refractivity contribution in [2.75, 3.05) is 39.3 Å². The molecule has 1 fully saturated rings. The highest BCUT2D eigenvalue weighted by atomic mass is 35.5. The third-order valence-electron chi connectivity index (χ3n) is 6.79. The normalized spacial score (nSPS) is 20.2. The van der Waals surface area contributed by atoms with Gasteiger partial charge in [-0.15, -0.1) is 6.58 Å². The molecule has 0 aromatic heterocycles. The predicted octanol–water partition coefficient (Wildman–Crippen LogP) is 4.26. The van der Waals surface area contributed by atoms with Gasteiger partial charge in [-0.05, 0) is 43.7 Å². The van der Waals surface area contributed by atoms with Crippen molar-refractivity contribution < 1.29 is 19.1 Å². The van der Waals surface area contributed by atoms with Gasteiger partial charge in [-0.2, -0.15) is 0 Å². The van der Waals surface area contributed by atoms with E-state index in [1.165, 1.54) is 4.90 Å². The van der Waals surface area contributed by atoms with Gasteiger partial charge in [-0.3, -0.25) is 14.6 Å². The molecule has 4 rings (SSSR count). The molecular formula is C29H33ClN4O4. The summed E-state index contributed by atoms with van der Waals surface area (Å²) in [5.41, 5.74) is 2.28. The Hall–Kier alpha value is -3.62. The smallest absolute Gasteiger partial charge is 0.338 e. The average Bonchev–Trinajstić information content (AvgIpc) is 2.91. The minimum absolute atomic E-state index is 0.00414. The van der Waals surface area contributed by atoms with E-state index in [1.54, 1.807) is 31.2 Å². The van der Waals surface area contributed by atoms with Gasteiger partial charge in [0, 0.05) is 55.0 Å². The molecule has 2 heterocycles. The quantitative estimate of drug-likeness (QED) is 0.403. The van der Waals surface area contributed by atoms with Crippen molar-refractivity contribution in [3.05, 3.63) is 94.7 Å². The first-order chi connectivity index (χ1) is 18.3. The van der Waals surface area contributed by atoms with Crippen LogP contribution in [0.5, 0.6) is 0 Å². The monoisotopic (exact) mass is 536 g/mol. The molecule has 0 aliphatic carbocycles. The van der Waals surface area contributed by atoms with Gasteiger partial charge in [0.05, 0.1) is 18.2 Å². The lowest BCUT2D eigenvalue weighted by atomic mass is 9.94. The summed E-state index contributed by atoms with van der Waals surface area (Å²) in [4.78, 5) is 45.3. The molecule has 2 aromatic rings. The number of halogens is 1. The fourth-order valence-electron chi connectivity index (χ4n) is 5.02. The topological polar surface area (TPSA) is 82.2 Å². The molecule has 0 saturated carbocycles. The molecule has 8 nitrogen and oxygen atoms in total. The number of nitrogens with one attached hydrogen (secondary N) is 1. The van der Waals surface area contributed by atoms with Gasteiger partial charge in [0.2, 0.25) is 0 Å². The second-order valence-electron chi connectivity index (χ2n) is 9.37. The summed E-state index contributed by atoms with van der Waals surface area (Å²) in [6.45, 7) is 10.0. The standard InChI is InChI=1S/C29H33ClN4O4/c1-4-14-34-24(19-32-15-16-33(20(3)18-32)27(35)21-10-7-6-8-11-21)25(28(36)38-5-2)26(31-29(34)37)22-12-9-13-23(30)17-22/h4,6-13,17,20,26H,1,5,14-16,18-19H2,2-3H3,(H,31,37)/t20-,26-/m1/s1. The summed E-state index contributed by atoms with van der Waals surface area (Å²) in [7, 11) is 0. The Morgan fingerprint density at radius 1 is 1.16 bits per heavy atom. The van der Waals surface area contributed by atoms with Crippen LogP contribution in [0.3, 0.4) is 0 Å². The maximum atomic E-state index is 13.3. The zero-order chi connectivity index (χ0) is 27.2. The molecule has 2 atom stereocenters. The van der Waals surface area contributed by atoms with Gasteiger partial charge in [0.15, 0.2) is 0 Å². The zero-order valence-corrected chi connectivity index (χ0v) is 22.5. The van der Waals surface area contributed by atoms with Crippen LogP contribution >= 0.6 is 11.6 Å². The lowest BCUT2D eigenvalue weighted by Gasteiger charge is -2.43. The van der Waals surface area contributed by atoms with E-state index >= 15 is 0 Å². The number of hydrogen-bond donors (Lipinski definition) is 1. The number of esters is 1. The Morgan fingerprint density at radius 3 is 2.58 bits per heavy atom. The Morgan fingerprint density at radius 2 is 1.92 bits per heavy atom. The highest BCUT2D eigenvalue weighted by Gasteiger charge is 2.39. The van der Waals surface area contributed by atoms with Gasteiger partial charge in [-0.1, -0.05) is 48.0 Å². The number of ether oxygens (including phenoxy) is 1. The van der Waals surface area contributed by atoms with Crippen molar-refractivity contribution in [3.8, 4) is 0 Å². The molecule has 1 saturated heterocycles. The summed E-state index contributed by atoms with van der Waals surface area (Å²) in [6, 6.07) is 15.2. The second kappa shape index (κ2) is 12.3. The Balaban J connectivity index is 1.66. The summed E-state index contributed by atoms with van der Waals surface area (Å²) in [5, 5.41) is 3.45. The molecule has 38 heavy (non-hydrogen) atoms. The summed E-state index contributed by atoms with van der Waals surface area (Å²) < 4.78 is 5.46.